The molecule has 0 saturated carbocycles. The number of nitrogens with zero attached hydrogens (tertiary/aromatic N) is 2. The van der Waals surface area contributed by atoms with E-state index in [0.717, 1.165) is 21.3 Å². The number of carboxylic acid groups (broad SMARTS) is 2. The molecular weight excluding hydrogens is 1380 g/mol. The number of hydrogen-bond donors (Lipinski definition) is 20. The van der Waals surface area contributed by atoms with Crippen LogP contribution in [0.1, 0.15) is 118 Å². The number of amides is 6. The van der Waals surface area contributed by atoms with E-state index < -0.39 is 233 Å². The molecule has 0 spiro atoms. The van der Waals surface area contributed by atoms with Gasteiger partial charge in [-0.1, -0.05) is 79.9 Å². The number of carboxylic acids is 2. The minimum atomic E-state index is -2.07. The van der Waals surface area contributed by atoms with Gasteiger partial charge in [0.05, 0.1) is 50.1 Å². The number of halogens is 2. The highest BCUT2D eigenvalue weighted by Gasteiger charge is 2.35. The highest BCUT2D eigenvalue weighted by Crippen LogP contribution is 2.24. The predicted molar refractivity (Wildman–Crippen MR) is 367 cm³/mol. The summed E-state index contributed by atoms with van der Waals surface area (Å²) < 4.78 is 32.1. The number of nitrogens with two attached hydrogens (primary N) is 1. The number of ketones is 1. The molecule has 570 valence electrons. The Labute approximate surface area is 596 Å². The molecule has 0 bridgehead atoms. The van der Waals surface area contributed by atoms with Crippen LogP contribution in [0.5, 0.6) is 0 Å². The minimum Gasteiger partial charge on any atom is -0.481 e. The molecule has 103 heavy (non-hydrogen) atoms. The second kappa shape index (κ2) is 44.3. The van der Waals surface area contributed by atoms with Crippen LogP contribution in [0, 0.1) is 24.5 Å². The van der Waals surface area contributed by atoms with E-state index in [1.54, 1.807) is 54.6 Å². The van der Waals surface area contributed by atoms with Crippen LogP contribution < -0.4 is 48.9 Å². The minimum absolute atomic E-state index is 0.0358. The Bertz CT molecular complexity index is 3570. The van der Waals surface area contributed by atoms with Gasteiger partial charge in [0.1, 0.15) is 60.3 Å². The van der Waals surface area contributed by atoms with Crippen LogP contribution in [0.4, 0.5) is 8.78 Å². The summed E-state index contributed by atoms with van der Waals surface area (Å²) in [6, 6.07) is 13.0. The van der Waals surface area contributed by atoms with E-state index in [0.29, 0.717) is 42.4 Å². The van der Waals surface area contributed by atoms with Crippen molar-refractivity contribution in [1.82, 2.24) is 41.0 Å². The zero-order valence-electron chi connectivity index (χ0n) is 56.7. The van der Waals surface area contributed by atoms with Gasteiger partial charge in [0.2, 0.25) is 35.4 Å². The van der Waals surface area contributed by atoms with Crippen LogP contribution in [0.15, 0.2) is 82.4 Å². The summed E-state index contributed by atoms with van der Waals surface area (Å²) in [7, 11) is 0. The Balaban J connectivity index is 1.41. The van der Waals surface area contributed by atoms with Crippen molar-refractivity contribution in [3.8, 4) is 11.1 Å². The van der Waals surface area contributed by atoms with Crippen molar-refractivity contribution in [2.75, 3.05) is 38.6 Å². The normalized spacial score (nSPS) is 15.3. The molecule has 35 heteroatoms. The SMILES string of the molecule is Cc1c(-c2cccc(CCC(=O)NCCCCCCCC(=O)N[C@H](CCC(=O)NC[C@H](O)[C@@H](O)[C@H](O)[C@H](O)CO)C(=O)C[C@H](CCC(=O)O)C(=O)N[C@H](CCC(=O)NC[C@H](O)[C@@H](O)[C@H](O)[C@H](O)CO)C(=O)N[C@H](CS)C(=O)O)c2)c(=O)n(C[C@@H](N)c2ccccc2)c(=O)n1Cc1c(F)cccc1F. The number of nitrogens with one attached hydrogen (secondary N) is 6. The fraction of sp³-hybridized carbons (Fsp3) is 0.544. The predicted octanol–water partition coefficient (Wildman–Crippen LogP) is -3.03. The number of aromatic nitrogens is 2. The molecule has 0 aliphatic rings. The van der Waals surface area contributed by atoms with Gasteiger partial charge >= 0.3 is 17.6 Å². The number of aliphatic hydroxyl groups excluding tert-OH is 10. The molecule has 6 amide bonds. The maximum Gasteiger partial charge on any atom is 0.331 e. The Morgan fingerprint density at radius 1 is 0.563 bits per heavy atom. The van der Waals surface area contributed by atoms with Gasteiger partial charge < -0.3 is 98.9 Å². The van der Waals surface area contributed by atoms with Crippen LogP contribution in [0.2, 0.25) is 0 Å². The van der Waals surface area contributed by atoms with Gasteiger partial charge in [0.15, 0.2) is 5.78 Å². The Kier molecular flexibility index (Phi) is 37.4. The zero-order valence-corrected chi connectivity index (χ0v) is 57.6. The number of aliphatic carboxylic acids is 2. The van der Waals surface area contributed by atoms with Crippen molar-refractivity contribution < 1.29 is 113 Å². The molecule has 0 aliphatic carbocycles. The smallest absolute Gasteiger partial charge is 0.331 e. The Morgan fingerprint density at radius 2 is 1.10 bits per heavy atom. The number of unbranched alkanes of at least 4 members (excludes halogenated alkanes) is 4. The molecule has 0 radical (unpaired) electrons. The van der Waals surface area contributed by atoms with Crippen LogP contribution in [0.25, 0.3) is 11.1 Å². The molecule has 13 atom stereocenters. The molecule has 0 fully saturated rings. The summed E-state index contributed by atoms with van der Waals surface area (Å²) >= 11 is 3.91. The zero-order chi connectivity index (χ0) is 76.6. The molecule has 32 nitrogen and oxygen atoms in total. The Morgan fingerprint density at radius 3 is 1.66 bits per heavy atom. The molecule has 0 unspecified atom stereocenters. The number of aryl methyl sites for hydroxylation is 1. The highest BCUT2D eigenvalue weighted by atomic mass is 32.1. The number of thiol groups is 1. The summed E-state index contributed by atoms with van der Waals surface area (Å²) in [6.07, 6.45) is -17.8. The lowest BCUT2D eigenvalue weighted by Crippen LogP contribution is -2.54. The van der Waals surface area contributed by atoms with Gasteiger partial charge in [-0.25, -0.2) is 18.4 Å². The molecule has 1 heterocycles. The van der Waals surface area contributed by atoms with Crippen LogP contribution >= 0.6 is 12.6 Å². The molecule has 4 rings (SSSR count). The van der Waals surface area contributed by atoms with Gasteiger partial charge in [-0.2, -0.15) is 12.6 Å². The van der Waals surface area contributed by atoms with Crippen molar-refractivity contribution in [2.24, 2.45) is 11.7 Å². The van der Waals surface area contributed by atoms with E-state index in [1.807, 2.05) is 0 Å². The highest BCUT2D eigenvalue weighted by molar-refractivity contribution is 7.80. The number of hydrogen-bond acceptors (Lipinski definition) is 23. The second-order valence-corrected chi connectivity index (χ2v) is 25.2. The number of aliphatic hydroxyl groups is 10. The number of benzene rings is 3. The summed E-state index contributed by atoms with van der Waals surface area (Å²) in [4.78, 5) is 147. The quantitative estimate of drug-likeness (QED) is 0.0155. The van der Waals surface area contributed by atoms with Crippen molar-refractivity contribution >= 4 is 65.8 Å². The van der Waals surface area contributed by atoms with Gasteiger partial charge in [0, 0.05) is 87.1 Å². The van der Waals surface area contributed by atoms with Gasteiger partial charge in [0.25, 0.3) is 5.56 Å². The molecule has 3 aromatic carbocycles. The molecule has 1 aromatic heterocycles. The van der Waals surface area contributed by atoms with Crippen LogP contribution in [0.3, 0.4) is 0 Å². The summed E-state index contributed by atoms with van der Waals surface area (Å²) in [6.45, 7) is -2.46. The molecule has 0 aliphatic heterocycles. The average Bonchev–Trinajstić information content (AvgIpc) is 0.761. The standard InChI is InChI=1S/C68H95F2N9O23S/c1-37-59(66(99)79(33-45(71)39-13-6-5-7-14-39)68(102)78(37)32-42-43(69)16-11-17-44(42)70)40-15-10-12-38(28-40)19-23-54(87)72-27-9-4-2-3-8-18-57(90)75-46(21-24-55(88)73-30-50(83)60(93)62(95)52(85)34-80)49(82)29-41(20-26-58(91)92)64(97)76-47(65(98)77-48(36-103)67(100)101)22-25-56(89)74-31-51(84)61(94)63(96)53(86)35-81/h5-7,10-17,28,41,45-48,50-53,60-63,80-81,83-86,93-96,103H,2-4,8-9,18-27,29-36,71H2,1H3,(H,72,87)(H,73,88)(H,74,89)(H,75,90)(H,76,97)(H,77,98)(H,91,92)(H,100,101)/t41-,45+,46+,47+,48+,50-,51-,52+,53+,60+,61+,62+,63+/m0/s1. The van der Waals surface area contributed by atoms with E-state index in [-0.39, 0.29) is 61.5 Å². The first kappa shape index (κ1) is 86.9. The summed E-state index contributed by atoms with van der Waals surface area (Å²) in [5.74, 6) is -13.0. The number of carbonyl (C=O) groups is 9. The van der Waals surface area contributed by atoms with Crippen LogP contribution in [-0.4, -0.2) is 229 Å². The summed E-state index contributed by atoms with van der Waals surface area (Å²) in [5, 5.41) is 132. The third kappa shape index (κ3) is 28.3. The van der Waals surface area contributed by atoms with Gasteiger partial charge in [-0.05, 0) is 74.3 Å². The first-order chi connectivity index (χ1) is 48.8. The maximum atomic E-state index is 15.0. The van der Waals surface area contributed by atoms with Crippen LogP contribution in [-0.2, 0) is 62.7 Å². The lowest BCUT2D eigenvalue weighted by molar-refractivity contribution is -0.142. The monoisotopic (exact) mass is 1480 g/mol. The topological polar surface area (TPSA) is 539 Å². The first-order valence-corrected chi connectivity index (χ1v) is 34.1. The van der Waals surface area contributed by atoms with E-state index >= 15 is 8.78 Å². The fourth-order valence-corrected chi connectivity index (χ4v) is 11.1. The average molecular weight is 1480 g/mol. The number of Topliss-reactive ketones (excluding diaryl/α,β-unsaturated/α-hetero) is 1. The van der Waals surface area contributed by atoms with Crippen molar-refractivity contribution in [2.45, 2.75) is 189 Å². The fourth-order valence-electron chi connectivity index (χ4n) is 10.9. The maximum absolute atomic E-state index is 15.0. The Hall–Kier alpha value is -8.46. The van der Waals surface area contributed by atoms with E-state index in [9.17, 15) is 104 Å². The first-order valence-electron chi connectivity index (χ1n) is 33.5. The number of carbonyl (C=O) groups excluding carboxylic acids is 7. The van der Waals surface area contributed by atoms with Crippen molar-refractivity contribution in [3.05, 3.63) is 128 Å². The second-order valence-electron chi connectivity index (χ2n) is 24.9. The lowest BCUT2D eigenvalue weighted by Gasteiger charge is -2.26. The molecular formula is C68H95F2N9O23S. The molecule has 4 aromatic rings. The largest absolute Gasteiger partial charge is 0.481 e. The third-order valence-corrected chi connectivity index (χ3v) is 17.5. The lowest BCUT2D eigenvalue weighted by atomic mass is 9.91. The van der Waals surface area contributed by atoms with E-state index in [4.69, 9.17) is 15.9 Å². The van der Waals surface area contributed by atoms with Crippen molar-refractivity contribution in [3.63, 3.8) is 0 Å². The number of rotatable bonds is 48. The third-order valence-electron chi connectivity index (χ3n) is 17.1. The van der Waals surface area contributed by atoms with Gasteiger partial charge in [-0.15, -0.1) is 0 Å². The molecule has 20 N–H and O–H groups in total. The molecule has 0 saturated heterocycles. The van der Waals surface area contributed by atoms with E-state index in [2.05, 4.69) is 44.5 Å². The van der Waals surface area contributed by atoms with Crippen molar-refractivity contribution in [1.29, 1.82) is 0 Å². The van der Waals surface area contributed by atoms with Gasteiger partial charge in [-0.3, -0.25) is 52.3 Å². The summed E-state index contributed by atoms with van der Waals surface area (Å²) in [5.41, 5.74) is 6.50. The van der Waals surface area contributed by atoms with E-state index in [1.165, 1.54) is 13.0 Å².